The molecule has 3 rings (SSSR count). The molecule has 0 heterocycles. The van der Waals surface area contributed by atoms with Gasteiger partial charge in [-0.05, 0) is 47.0 Å². The smallest absolute Gasteiger partial charge is 0.157 e. The van der Waals surface area contributed by atoms with E-state index in [2.05, 4.69) is 0 Å². The second kappa shape index (κ2) is 9.25. The first-order chi connectivity index (χ1) is 13.6. The Morgan fingerprint density at radius 3 is 1.46 bits per heavy atom. The van der Waals surface area contributed by atoms with Crippen LogP contribution in [0, 0.1) is 0 Å². The van der Waals surface area contributed by atoms with Crippen LogP contribution in [0.15, 0.2) is 90.5 Å². The van der Waals surface area contributed by atoms with Crippen molar-refractivity contribution in [3.63, 3.8) is 0 Å². The van der Waals surface area contributed by atoms with Gasteiger partial charge in [-0.15, -0.1) is 0 Å². The van der Waals surface area contributed by atoms with Gasteiger partial charge in [0.2, 0.25) is 0 Å². The fourth-order valence-electron chi connectivity index (χ4n) is 2.71. The Morgan fingerprint density at radius 2 is 1.07 bits per heavy atom. The van der Waals surface area contributed by atoms with E-state index in [0.717, 1.165) is 27.9 Å². The lowest BCUT2D eigenvalue weighted by molar-refractivity contribution is 0.414. The van der Waals surface area contributed by atoms with Crippen LogP contribution in [0.25, 0.3) is 12.2 Å². The van der Waals surface area contributed by atoms with Crippen LogP contribution in [0.2, 0.25) is 0 Å². The van der Waals surface area contributed by atoms with Crippen LogP contribution < -0.4 is 14.8 Å². The summed E-state index contributed by atoms with van der Waals surface area (Å²) in [6, 6.07) is 24.9. The van der Waals surface area contributed by atoms with Gasteiger partial charge < -0.3 is 14.0 Å². The predicted octanol–water partition coefficient (Wildman–Crippen LogP) is 6.03. The maximum atomic E-state index is 13.8. The van der Waals surface area contributed by atoms with Crippen molar-refractivity contribution in [3.8, 4) is 11.5 Å². The van der Waals surface area contributed by atoms with Gasteiger partial charge in [-0.25, -0.2) is 0 Å². The minimum Gasteiger partial charge on any atom is -0.497 e. The van der Waals surface area contributed by atoms with E-state index in [4.69, 9.17) is 9.47 Å². The normalized spacial score (nSPS) is 11.8. The van der Waals surface area contributed by atoms with Gasteiger partial charge >= 0.3 is 0 Å². The highest BCUT2D eigenvalue weighted by atomic mass is 31.2. The maximum Gasteiger partial charge on any atom is 0.157 e. The lowest BCUT2D eigenvalue weighted by atomic mass is 10.2. The molecule has 0 atom stereocenters. The molecule has 0 aromatic heterocycles. The van der Waals surface area contributed by atoms with Crippen LogP contribution in [0.3, 0.4) is 0 Å². The second-order valence-corrected chi connectivity index (χ2v) is 8.75. The van der Waals surface area contributed by atoms with Crippen molar-refractivity contribution in [2.75, 3.05) is 14.2 Å². The highest BCUT2D eigenvalue weighted by Crippen LogP contribution is 2.48. The number of benzene rings is 3. The number of rotatable bonds is 7. The summed E-state index contributed by atoms with van der Waals surface area (Å²) in [6.45, 7) is 0. The van der Waals surface area contributed by atoms with Gasteiger partial charge in [0.05, 0.1) is 14.2 Å². The number of hydrogen-bond acceptors (Lipinski definition) is 3. The van der Waals surface area contributed by atoms with E-state index < -0.39 is 7.14 Å². The molecule has 0 N–H and O–H groups in total. The Hall–Kier alpha value is -3.03. The molecule has 3 aromatic rings. The lowest BCUT2D eigenvalue weighted by Crippen LogP contribution is -1.99. The molecule has 0 radical (unpaired) electrons. The minimum atomic E-state index is -2.86. The Bertz CT molecular complexity index is 927. The molecule has 0 aliphatic rings. The number of methoxy groups -OCH3 is 2. The largest absolute Gasteiger partial charge is 0.497 e. The molecule has 0 saturated heterocycles. The molecule has 3 aromatic carbocycles. The number of ether oxygens (including phenoxy) is 2. The van der Waals surface area contributed by atoms with Crippen molar-refractivity contribution in [1.82, 2.24) is 0 Å². The van der Waals surface area contributed by atoms with E-state index in [9.17, 15) is 4.57 Å². The van der Waals surface area contributed by atoms with E-state index in [-0.39, 0.29) is 0 Å². The predicted molar refractivity (Wildman–Crippen MR) is 118 cm³/mol. The van der Waals surface area contributed by atoms with Gasteiger partial charge in [0.1, 0.15) is 11.5 Å². The third-order valence-electron chi connectivity index (χ3n) is 4.37. The summed E-state index contributed by atoms with van der Waals surface area (Å²) in [7, 11) is 0.411. The SMILES string of the molecule is COc1ccc(/C=C/P(=O)(/C=C/c2ccc(OC)cc2)c2ccccc2)cc1. The summed E-state index contributed by atoms with van der Waals surface area (Å²) in [5.74, 6) is 5.18. The van der Waals surface area contributed by atoms with Crippen LogP contribution in [0.1, 0.15) is 11.1 Å². The Morgan fingerprint density at radius 1 is 0.643 bits per heavy atom. The molecule has 28 heavy (non-hydrogen) atoms. The topological polar surface area (TPSA) is 35.5 Å². The molecule has 0 fully saturated rings. The molecule has 0 bridgehead atoms. The average Bonchev–Trinajstić information content (AvgIpc) is 2.77. The zero-order chi connectivity index (χ0) is 19.8. The van der Waals surface area contributed by atoms with Crippen molar-refractivity contribution in [2.24, 2.45) is 0 Å². The molecule has 0 amide bonds. The molecule has 0 spiro atoms. The summed E-state index contributed by atoms with van der Waals surface area (Å²) in [4.78, 5) is 0. The lowest BCUT2D eigenvalue weighted by Gasteiger charge is -2.10. The van der Waals surface area contributed by atoms with E-state index in [0.29, 0.717) is 0 Å². The Kier molecular flexibility index (Phi) is 6.52. The maximum absolute atomic E-state index is 13.8. The molecule has 0 aliphatic heterocycles. The van der Waals surface area contributed by atoms with Crippen LogP contribution >= 0.6 is 7.14 Å². The second-order valence-electron chi connectivity index (χ2n) is 6.22. The summed E-state index contributed by atoms with van der Waals surface area (Å²) < 4.78 is 24.2. The van der Waals surface area contributed by atoms with Gasteiger partial charge in [-0.1, -0.05) is 66.7 Å². The highest BCUT2D eigenvalue weighted by molar-refractivity contribution is 7.77. The molecule has 3 nitrogen and oxygen atoms in total. The fourth-order valence-corrected chi connectivity index (χ4v) is 4.58. The zero-order valence-electron chi connectivity index (χ0n) is 16.0. The fraction of sp³-hybridized carbons (Fsp3) is 0.0833. The quantitative estimate of drug-likeness (QED) is 0.462. The summed E-state index contributed by atoms with van der Waals surface area (Å²) in [5.41, 5.74) is 1.93. The van der Waals surface area contributed by atoms with E-state index in [1.807, 2.05) is 91.0 Å². The first kappa shape index (κ1) is 19.7. The third kappa shape index (κ3) is 5.03. The Balaban J connectivity index is 1.91. The summed E-state index contributed by atoms with van der Waals surface area (Å²) in [6.07, 6.45) is 3.79. The minimum absolute atomic E-state index is 0.794. The van der Waals surface area contributed by atoms with Gasteiger partial charge in [-0.2, -0.15) is 0 Å². The van der Waals surface area contributed by atoms with Crippen LogP contribution in [0.4, 0.5) is 0 Å². The molecule has 0 saturated carbocycles. The highest BCUT2D eigenvalue weighted by Gasteiger charge is 2.17. The molecule has 0 aliphatic carbocycles. The van der Waals surface area contributed by atoms with Gasteiger partial charge in [0.25, 0.3) is 0 Å². The molecule has 142 valence electrons. The van der Waals surface area contributed by atoms with E-state index in [1.54, 1.807) is 25.9 Å². The zero-order valence-corrected chi connectivity index (χ0v) is 16.9. The molecule has 4 heteroatoms. The monoisotopic (exact) mass is 390 g/mol. The van der Waals surface area contributed by atoms with E-state index in [1.165, 1.54) is 0 Å². The summed E-state index contributed by atoms with van der Waals surface area (Å²) >= 11 is 0. The molecular formula is C24H23O3P. The van der Waals surface area contributed by atoms with Crippen molar-refractivity contribution < 1.29 is 14.0 Å². The van der Waals surface area contributed by atoms with E-state index >= 15 is 0 Å². The van der Waals surface area contributed by atoms with Gasteiger partial charge in [0.15, 0.2) is 7.14 Å². The van der Waals surface area contributed by atoms with Crippen molar-refractivity contribution in [2.45, 2.75) is 0 Å². The van der Waals surface area contributed by atoms with Crippen LogP contribution in [0.5, 0.6) is 11.5 Å². The number of hydrogen-bond donors (Lipinski definition) is 0. The summed E-state index contributed by atoms with van der Waals surface area (Å²) in [5, 5.41) is 0.796. The van der Waals surface area contributed by atoms with Crippen LogP contribution in [-0.4, -0.2) is 14.2 Å². The first-order valence-corrected chi connectivity index (χ1v) is 10.8. The van der Waals surface area contributed by atoms with Crippen molar-refractivity contribution in [1.29, 1.82) is 0 Å². The van der Waals surface area contributed by atoms with Crippen molar-refractivity contribution in [3.05, 3.63) is 102 Å². The van der Waals surface area contributed by atoms with Gasteiger partial charge in [0, 0.05) is 5.30 Å². The van der Waals surface area contributed by atoms with Crippen molar-refractivity contribution >= 4 is 24.6 Å². The standard InChI is InChI=1S/C24H23O3P/c1-26-22-12-8-20(9-13-22)16-18-28(25,24-6-4-3-5-7-24)19-17-21-10-14-23(27-2)15-11-21/h3-19H,1-2H3/b18-16+,19-17+. The first-order valence-electron chi connectivity index (χ1n) is 8.94. The molecular weight excluding hydrogens is 367 g/mol. The average molecular weight is 390 g/mol. The van der Waals surface area contributed by atoms with Crippen LogP contribution in [-0.2, 0) is 4.57 Å². The third-order valence-corrected chi connectivity index (χ3v) is 6.66. The van der Waals surface area contributed by atoms with Gasteiger partial charge in [-0.3, -0.25) is 0 Å². The molecule has 0 unspecified atom stereocenters. The Labute approximate surface area is 166 Å².